The molecule has 8 heteroatoms. The zero-order chi connectivity index (χ0) is 37.0. The van der Waals surface area contributed by atoms with E-state index >= 15 is 0 Å². The Labute approximate surface area is 330 Å². The molecule has 4 aromatic heterocycles. The van der Waals surface area contributed by atoms with Crippen LogP contribution in [0.3, 0.4) is 0 Å². The van der Waals surface area contributed by atoms with Crippen molar-refractivity contribution in [3.05, 3.63) is 122 Å². The Morgan fingerprint density at radius 2 is 0.661 bits per heavy atom. The van der Waals surface area contributed by atoms with Crippen molar-refractivity contribution in [2.24, 2.45) is 0 Å². The van der Waals surface area contributed by atoms with Crippen LogP contribution in [0, 0.1) is 0 Å². The van der Waals surface area contributed by atoms with Crippen molar-refractivity contribution in [2.75, 3.05) is 10.6 Å². The van der Waals surface area contributed by atoms with E-state index in [1.807, 2.05) is 24.8 Å². The van der Waals surface area contributed by atoms with Gasteiger partial charge in [-0.3, -0.25) is 19.9 Å². The summed E-state index contributed by atoms with van der Waals surface area (Å²) in [5.41, 5.74) is 10.0. The van der Waals surface area contributed by atoms with E-state index in [-0.39, 0.29) is 0 Å². The van der Waals surface area contributed by atoms with Gasteiger partial charge in [-0.2, -0.15) is 0 Å². The maximum Gasteiger partial charge on any atom is 0.0709 e. The Bertz CT molecular complexity index is 2410. The molecule has 276 valence electrons. The molecule has 0 spiro atoms. The highest BCUT2D eigenvalue weighted by molar-refractivity contribution is 7.75. The van der Waals surface area contributed by atoms with E-state index in [1.54, 1.807) is 0 Å². The van der Waals surface area contributed by atoms with Crippen molar-refractivity contribution in [1.29, 1.82) is 0 Å². The molecule has 56 heavy (non-hydrogen) atoms. The SMILES string of the molecule is c1cnc2cc3c(cc2c1)Nc1cc2cccnc2cc1P(C1CCCCC1)c1cc2ncccc2cc1Nc1cc2cccnc2cc1P3C1CCCCC1. The van der Waals surface area contributed by atoms with E-state index in [0.717, 1.165) is 43.6 Å². The molecule has 5 heterocycles. The van der Waals surface area contributed by atoms with Crippen molar-refractivity contribution in [3.63, 3.8) is 0 Å². The number of aromatic nitrogens is 4. The first kappa shape index (κ1) is 34.2. The first-order chi connectivity index (χ1) is 27.7. The van der Waals surface area contributed by atoms with Gasteiger partial charge in [-0.25, -0.2) is 0 Å². The first-order valence-electron chi connectivity index (χ1n) is 20.4. The Balaban J connectivity index is 1.27. The molecule has 1 aliphatic heterocycles. The number of fused-ring (bicyclic) bond motifs is 8. The minimum absolute atomic E-state index is 0.532. The molecule has 4 aromatic carbocycles. The normalized spacial score (nSPS) is 19.2. The van der Waals surface area contributed by atoms with Gasteiger partial charge in [0.15, 0.2) is 0 Å². The van der Waals surface area contributed by atoms with Crippen molar-refractivity contribution in [2.45, 2.75) is 75.5 Å². The Hall–Kier alpha value is -5.02. The van der Waals surface area contributed by atoms with Gasteiger partial charge < -0.3 is 10.6 Å². The molecule has 2 saturated carbocycles. The average molecular weight is 767 g/mol. The average Bonchev–Trinajstić information content (AvgIpc) is 3.25. The van der Waals surface area contributed by atoms with E-state index in [2.05, 4.69) is 108 Å². The number of pyridine rings is 4. The largest absolute Gasteiger partial charge is 0.354 e. The van der Waals surface area contributed by atoms with Gasteiger partial charge in [-0.05, 0) is 126 Å². The molecule has 2 fully saturated rings. The van der Waals surface area contributed by atoms with Crippen LogP contribution in [0.5, 0.6) is 0 Å². The summed E-state index contributed by atoms with van der Waals surface area (Å²) in [6.07, 6.45) is 20.3. The second-order valence-corrected chi connectivity index (χ2v) is 20.7. The van der Waals surface area contributed by atoms with E-state index in [9.17, 15) is 0 Å². The fraction of sp³-hybridized carbons (Fsp3) is 0.250. The third kappa shape index (κ3) is 6.19. The van der Waals surface area contributed by atoms with Gasteiger partial charge in [-0.15, -0.1) is 0 Å². The molecule has 0 unspecified atom stereocenters. The first-order valence-corrected chi connectivity index (χ1v) is 23.2. The number of anilines is 4. The molecule has 0 saturated heterocycles. The lowest BCUT2D eigenvalue weighted by atomic mass is 10.0. The van der Waals surface area contributed by atoms with Crippen LogP contribution in [0.1, 0.15) is 64.2 Å². The zero-order valence-corrected chi connectivity index (χ0v) is 33.2. The van der Waals surface area contributed by atoms with Crippen molar-refractivity contribution >= 4 is 103 Å². The van der Waals surface area contributed by atoms with Crippen LogP contribution < -0.4 is 31.9 Å². The standard InChI is InChI=1S/C48H44N6P2/c1-3-15-35(16-4-1)55-45-27-37-31(11-7-19-49-37)23-41(45)53-43-25-33-13-9-21-51-39(33)29-47(43)56(36-17-5-2-6-18-36)48-30-40-34(14-10-22-52-40)26-44(48)54-42-24-32-12-8-20-50-38(32)28-46(42)55/h7-14,19-30,35-36,53-54H,1-6,15-18H2. The molecule has 2 aliphatic carbocycles. The molecule has 0 amide bonds. The molecular weight excluding hydrogens is 723 g/mol. The smallest absolute Gasteiger partial charge is 0.0709 e. The quantitative estimate of drug-likeness (QED) is 0.171. The Kier molecular flexibility index (Phi) is 8.86. The Morgan fingerprint density at radius 3 is 0.946 bits per heavy atom. The molecule has 0 radical (unpaired) electrons. The van der Waals surface area contributed by atoms with Crippen molar-refractivity contribution in [1.82, 2.24) is 19.9 Å². The summed E-state index contributed by atoms with van der Waals surface area (Å²) in [5.74, 6) is 0. The molecule has 8 aromatic rings. The van der Waals surface area contributed by atoms with Crippen LogP contribution in [-0.4, -0.2) is 31.3 Å². The van der Waals surface area contributed by atoms with Crippen LogP contribution in [0.2, 0.25) is 0 Å². The van der Waals surface area contributed by atoms with Crippen molar-refractivity contribution < 1.29 is 0 Å². The lowest BCUT2D eigenvalue weighted by molar-refractivity contribution is 0.513. The fourth-order valence-corrected chi connectivity index (χ4v) is 16.1. The lowest BCUT2D eigenvalue weighted by Gasteiger charge is -2.37. The van der Waals surface area contributed by atoms with Crippen LogP contribution in [0.15, 0.2) is 122 Å². The lowest BCUT2D eigenvalue weighted by Crippen LogP contribution is -2.30. The van der Waals surface area contributed by atoms with Gasteiger partial charge in [0.1, 0.15) is 0 Å². The Morgan fingerprint density at radius 1 is 0.375 bits per heavy atom. The van der Waals surface area contributed by atoms with E-state index in [1.165, 1.54) is 108 Å². The molecule has 0 atom stereocenters. The number of hydrogen-bond donors (Lipinski definition) is 2. The van der Waals surface area contributed by atoms with Crippen LogP contribution in [0.25, 0.3) is 43.6 Å². The number of hydrogen-bond acceptors (Lipinski definition) is 6. The molecule has 2 N–H and O–H groups in total. The minimum atomic E-state index is -0.856. The monoisotopic (exact) mass is 766 g/mol. The van der Waals surface area contributed by atoms with E-state index in [4.69, 9.17) is 19.9 Å². The predicted octanol–water partition coefficient (Wildman–Crippen LogP) is 11.2. The fourth-order valence-electron chi connectivity index (χ4n) is 9.65. The van der Waals surface area contributed by atoms with Gasteiger partial charge in [0, 0.05) is 90.3 Å². The van der Waals surface area contributed by atoms with Crippen molar-refractivity contribution in [3.8, 4) is 0 Å². The number of nitrogens with one attached hydrogen (secondary N) is 2. The number of benzene rings is 4. The van der Waals surface area contributed by atoms with E-state index < -0.39 is 15.8 Å². The summed E-state index contributed by atoms with van der Waals surface area (Å²) >= 11 is 0. The third-order valence-electron chi connectivity index (χ3n) is 12.3. The van der Waals surface area contributed by atoms with Crippen LogP contribution >= 0.6 is 15.8 Å². The maximum absolute atomic E-state index is 4.97. The summed E-state index contributed by atoms with van der Waals surface area (Å²) < 4.78 is 0. The second-order valence-electron chi connectivity index (χ2n) is 15.8. The molecule has 11 rings (SSSR count). The highest BCUT2D eigenvalue weighted by Gasteiger charge is 2.35. The minimum Gasteiger partial charge on any atom is -0.354 e. The number of rotatable bonds is 2. The van der Waals surface area contributed by atoms with Crippen LogP contribution in [0.4, 0.5) is 22.7 Å². The maximum atomic E-state index is 4.97. The summed E-state index contributed by atoms with van der Waals surface area (Å²) in [6, 6.07) is 36.4. The molecular formula is C48H44N6P2. The predicted molar refractivity (Wildman–Crippen MR) is 240 cm³/mol. The summed E-state index contributed by atoms with van der Waals surface area (Å²) in [7, 11) is -1.71. The summed E-state index contributed by atoms with van der Waals surface area (Å²) in [6.45, 7) is 0. The topological polar surface area (TPSA) is 75.6 Å². The zero-order valence-electron chi connectivity index (χ0n) is 31.5. The molecule has 6 nitrogen and oxygen atoms in total. The highest BCUT2D eigenvalue weighted by atomic mass is 31.1. The summed E-state index contributed by atoms with van der Waals surface area (Å²) in [4.78, 5) is 19.9. The van der Waals surface area contributed by atoms with Crippen LogP contribution in [-0.2, 0) is 0 Å². The van der Waals surface area contributed by atoms with Gasteiger partial charge in [0.2, 0.25) is 0 Å². The van der Waals surface area contributed by atoms with Gasteiger partial charge in [0.05, 0.1) is 22.1 Å². The second kappa shape index (κ2) is 14.5. The summed E-state index contributed by atoms with van der Waals surface area (Å²) in [5, 5.41) is 18.6. The number of nitrogens with zero attached hydrogens (tertiary/aromatic N) is 4. The van der Waals surface area contributed by atoms with Gasteiger partial charge in [-0.1, -0.05) is 62.8 Å². The molecule has 0 bridgehead atoms. The van der Waals surface area contributed by atoms with Gasteiger partial charge in [0.25, 0.3) is 0 Å². The van der Waals surface area contributed by atoms with Gasteiger partial charge >= 0.3 is 0 Å². The highest BCUT2D eigenvalue weighted by Crippen LogP contribution is 2.54. The van der Waals surface area contributed by atoms with E-state index in [0.29, 0.717) is 11.3 Å². The third-order valence-corrected chi connectivity index (χ3v) is 18.4. The molecule has 3 aliphatic rings.